The van der Waals surface area contributed by atoms with Crippen molar-refractivity contribution in [2.75, 3.05) is 18.0 Å². The highest BCUT2D eigenvalue weighted by Gasteiger charge is 2.46. The van der Waals surface area contributed by atoms with Crippen LogP contribution in [0, 0.1) is 10.8 Å². The maximum Gasteiger partial charge on any atom is 0.408 e. The van der Waals surface area contributed by atoms with Gasteiger partial charge in [-0.1, -0.05) is 44.2 Å². The number of rotatable bonds is 3. The molecule has 3 aromatic heterocycles. The molecule has 0 radical (unpaired) electrons. The van der Waals surface area contributed by atoms with E-state index in [-0.39, 0.29) is 28.0 Å². The van der Waals surface area contributed by atoms with Gasteiger partial charge in [0, 0.05) is 36.0 Å². The van der Waals surface area contributed by atoms with Gasteiger partial charge in [-0.2, -0.15) is 28.4 Å². The van der Waals surface area contributed by atoms with E-state index in [1.54, 1.807) is 0 Å². The van der Waals surface area contributed by atoms with Crippen molar-refractivity contribution in [3.8, 4) is 0 Å². The molecule has 9 nitrogen and oxygen atoms in total. The van der Waals surface area contributed by atoms with Crippen molar-refractivity contribution in [2.45, 2.75) is 58.3 Å². The van der Waals surface area contributed by atoms with Gasteiger partial charge in [-0.15, -0.1) is 0 Å². The topological polar surface area (TPSA) is 122 Å². The Kier molecular flexibility index (Phi) is 5.57. The first kappa shape index (κ1) is 26.0. The van der Waals surface area contributed by atoms with Crippen molar-refractivity contribution >= 4 is 22.6 Å². The SMILES string of the molecule is CC1(C)C=C(c2[nH]nc3nc(N4CCC5(CC4)Cc4ccccc4[C@H]5N)[nH]c(=O)c23)c2cnn(CC(F)(F)F)c2C1. The molecule has 0 amide bonds. The normalized spacial score (nSPS) is 21.3. The lowest BCUT2D eigenvalue weighted by Crippen LogP contribution is -2.45. The molecule has 4 aromatic rings. The molecule has 1 spiro atoms. The summed E-state index contributed by atoms with van der Waals surface area (Å²) in [6.45, 7) is 4.12. The lowest BCUT2D eigenvalue weighted by molar-refractivity contribution is -0.143. The van der Waals surface area contributed by atoms with Gasteiger partial charge in [-0.25, -0.2) is 0 Å². The maximum absolute atomic E-state index is 13.5. The third kappa shape index (κ3) is 4.27. The molecule has 1 atom stereocenters. The van der Waals surface area contributed by atoms with Crippen LogP contribution in [0.2, 0.25) is 0 Å². The monoisotopic (exact) mass is 564 g/mol. The van der Waals surface area contributed by atoms with Gasteiger partial charge in [0.1, 0.15) is 11.9 Å². The third-order valence-corrected chi connectivity index (χ3v) is 9.06. The Labute approximate surface area is 233 Å². The predicted molar refractivity (Wildman–Crippen MR) is 148 cm³/mol. The molecule has 0 bridgehead atoms. The van der Waals surface area contributed by atoms with Gasteiger partial charge < -0.3 is 10.6 Å². The average Bonchev–Trinajstić information content (AvgIpc) is 3.58. The van der Waals surface area contributed by atoms with Crippen LogP contribution < -0.4 is 16.2 Å². The standard InChI is InChI=1S/C29H31F3N8O/c1-27(2)12-18(19-14-34-40(20(19)13-27)15-29(30,31)32)22-21-24(38-37-22)35-26(36-25(21)41)39-9-7-28(8-10-39)11-16-5-3-4-6-17(16)23(28)33/h3-6,12,14,23H,7-11,13,15,33H2,1-2H3,(H2,35,36,37,38,41)/t23-/m1/s1. The molecule has 1 fully saturated rings. The second-order valence-electron chi connectivity index (χ2n) is 12.4. The van der Waals surface area contributed by atoms with E-state index in [0.29, 0.717) is 48.0 Å². The van der Waals surface area contributed by atoms with E-state index >= 15 is 0 Å². The number of allylic oxidation sites excluding steroid dienone is 1. The number of anilines is 1. The van der Waals surface area contributed by atoms with Crippen molar-refractivity contribution < 1.29 is 13.2 Å². The predicted octanol–water partition coefficient (Wildman–Crippen LogP) is 4.26. The number of fused-ring (bicyclic) bond motifs is 3. The van der Waals surface area contributed by atoms with E-state index in [4.69, 9.17) is 10.7 Å². The molecule has 214 valence electrons. The lowest BCUT2D eigenvalue weighted by atomic mass is 9.73. The minimum absolute atomic E-state index is 0.00138. The van der Waals surface area contributed by atoms with Crippen molar-refractivity contribution in [1.82, 2.24) is 29.9 Å². The summed E-state index contributed by atoms with van der Waals surface area (Å²) in [5, 5.41) is 11.6. The Morgan fingerprint density at radius 2 is 1.90 bits per heavy atom. The van der Waals surface area contributed by atoms with Crippen molar-refractivity contribution in [1.29, 1.82) is 0 Å². The molecule has 12 heteroatoms. The Morgan fingerprint density at radius 3 is 2.63 bits per heavy atom. The summed E-state index contributed by atoms with van der Waals surface area (Å²) in [5.74, 6) is 0.455. The van der Waals surface area contributed by atoms with Crippen molar-refractivity contribution in [3.05, 3.63) is 75.0 Å². The Hall–Kier alpha value is -3.93. The first-order chi connectivity index (χ1) is 19.4. The molecule has 0 saturated carbocycles. The molecule has 1 aliphatic heterocycles. The smallest absolute Gasteiger partial charge is 0.342 e. The third-order valence-electron chi connectivity index (χ3n) is 9.06. The van der Waals surface area contributed by atoms with Gasteiger partial charge in [0.25, 0.3) is 5.56 Å². The van der Waals surface area contributed by atoms with Crippen LogP contribution in [0.5, 0.6) is 0 Å². The highest BCUT2D eigenvalue weighted by atomic mass is 19.4. The van der Waals surface area contributed by atoms with Crippen LogP contribution in [0.15, 0.2) is 41.3 Å². The van der Waals surface area contributed by atoms with Gasteiger partial charge in [0.2, 0.25) is 5.95 Å². The summed E-state index contributed by atoms with van der Waals surface area (Å²) >= 11 is 0. The maximum atomic E-state index is 13.5. The number of H-pyrrole nitrogens is 2. The zero-order chi connectivity index (χ0) is 28.7. The molecule has 0 unspecified atom stereocenters. The summed E-state index contributed by atoms with van der Waals surface area (Å²) < 4.78 is 40.7. The van der Waals surface area contributed by atoms with Gasteiger partial charge in [0.15, 0.2) is 5.65 Å². The van der Waals surface area contributed by atoms with E-state index in [1.165, 1.54) is 17.3 Å². The Balaban J connectivity index is 1.19. The highest BCUT2D eigenvalue weighted by Crippen LogP contribution is 2.51. The molecule has 4 N–H and O–H groups in total. The zero-order valence-corrected chi connectivity index (χ0v) is 22.8. The summed E-state index contributed by atoms with van der Waals surface area (Å²) in [7, 11) is 0. The number of aromatic amines is 2. The number of nitrogens with two attached hydrogens (primary N) is 1. The number of halogens is 3. The summed E-state index contributed by atoms with van der Waals surface area (Å²) in [5.41, 5.74) is 10.8. The average molecular weight is 565 g/mol. The fourth-order valence-electron chi connectivity index (χ4n) is 7.02. The van der Waals surface area contributed by atoms with Crippen LogP contribution in [0.3, 0.4) is 0 Å². The Bertz CT molecular complexity index is 1750. The number of aromatic nitrogens is 6. The van der Waals surface area contributed by atoms with Gasteiger partial charge in [-0.05, 0) is 47.6 Å². The quantitative estimate of drug-likeness (QED) is 0.342. The van der Waals surface area contributed by atoms with Crippen molar-refractivity contribution in [3.63, 3.8) is 0 Å². The largest absolute Gasteiger partial charge is 0.408 e. The molecule has 1 aromatic carbocycles. The molecular weight excluding hydrogens is 533 g/mol. The molecule has 4 heterocycles. The number of nitrogens with one attached hydrogen (secondary N) is 2. The summed E-state index contributed by atoms with van der Waals surface area (Å²) in [4.78, 5) is 23.2. The van der Waals surface area contributed by atoms with E-state index in [1.807, 2.05) is 26.0 Å². The van der Waals surface area contributed by atoms with E-state index in [2.05, 4.69) is 43.4 Å². The minimum atomic E-state index is -4.40. The number of piperidine rings is 1. The molecular formula is C29H31F3N8O. The van der Waals surface area contributed by atoms with E-state index in [9.17, 15) is 18.0 Å². The van der Waals surface area contributed by atoms with Gasteiger partial charge in [-0.3, -0.25) is 19.6 Å². The lowest BCUT2D eigenvalue weighted by Gasteiger charge is -2.42. The molecule has 41 heavy (non-hydrogen) atoms. The fourth-order valence-corrected chi connectivity index (χ4v) is 7.02. The molecule has 2 aliphatic carbocycles. The molecule has 3 aliphatic rings. The number of hydrogen-bond acceptors (Lipinski definition) is 6. The number of benzene rings is 1. The van der Waals surface area contributed by atoms with Crippen LogP contribution in [-0.2, 0) is 19.4 Å². The fraction of sp³-hybridized carbons (Fsp3) is 0.448. The second-order valence-corrected chi connectivity index (χ2v) is 12.4. The summed E-state index contributed by atoms with van der Waals surface area (Å²) in [6.07, 6.45) is 2.09. The van der Waals surface area contributed by atoms with E-state index < -0.39 is 18.1 Å². The van der Waals surface area contributed by atoms with Crippen LogP contribution in [0.4, 0.5) is 19.1 Å². The first-order valence-electron chi connectivity index (χ1n) is 13.8. The van der Waals surface area contributed by atoms with E-state index in [0.717, 1.165) is 23.9 Å². The number of alkyl halides is 3. The first-order valence-corrected chi connectivity index (χ1v) is 13.8. The number of hydrogen-bond donors (Lipinski definition) is 3. The van der Waals surface area contributed by atoms with Crippen LogP contribution in [-0.4, -0.2) is 49.2 Å². The van der Waals surface area contributed by atoms with Crippen molar-refractivity contribution in [2.24, 2.45) is 16.6 Å². The Morgan fingerprint density at radius 1 is 1.15 bits per heavy atom. The summed E-state index contributed by atoms with van der Waals surface area (Å²) in [6, 6.07) is 8.36. The van der Waals surface area contributed by atoms with Crippen LogP contribution >= 0.6 is 0 Å². The molecule has 1 saturated heterocycles. The van der Waals surface area contributed by atoms with Crippen LogP contribution in [0.1, 0.15) is 60.8 Å². The zero-order valence-electron chi connectivity index (χ0n) is 22.8. The van der Waals surface area contributed by atoms with Crippen LogP contribution in [0.25, 0.3) is 16.6 Å². The number of nitrogens with zero attached hydrogens (tertiary/aromatic N) is 5. The van der Waals surface area contributed by atoms with Gasteiger partial charge in [0.05, 0.1) is 11.9 Å². The second kappa shape index (κ2) is 8.78. The highest BCUT2D eigenvalue weighted by molar-refractivity contribution is 5.94. The molecule has 7 rings (SSSR count). The minimum Gasteiger partial charge on any atom is -0.342 e. The van der Waals surface area contributed by atoms with Gasteiger partial charge >= 0.3 is 6.18 Å².